The number of hydrogen-bond donors (Lipinski definition) is 1. The lowest BCUT2D eigenvalue weighted by Crippen LogP contribution is -2.29. The van der Waals surface area contributed by atoms with Crippen molar-refractivity contribution < 1.29 is 13.2 Å². The highest BCUT2D eigenvalue weighted by Gasteiger charge is 2.21. The van der Waals surface area contributed by atoms with Crippen LogP contribution in [0.3, 0.4) is 0 Å². The van der Waals surface area contributed by atoms with Crippen LogP contribution in [0.25, 0.3) is 0 Å². The normalized spacial score (nSPS) is 16.6. The maximum Gasteiger partial charge on any atom is 0.153 e. The Hall–Kier alpha value is -0.130. The summed E-state index contributed by atoms with van der Waals surface area (Å²) in [6.07, 6.45) is 1.08. The molecule has 4 nitrogen and oxygen atoms in total. The molecule has 0 bridgehead atoms. The highest BCUT2D eigenvalue weighted by Crippen LogP contribution is 2.09. The summed E-state index contributed by atoms with van der Waals surface area (Å²) in [6, 6.07) is -0.0674. The monoisotopic (exact) mass is 223 g/mol. The summed E-state index contributed by atoms with van der Waals surface area (Å²) < 4.78 is 28.1. The van der Waals surface area contributed by atoms with Crippen molar-refractivity contribution in [1.29, 1.82) is 0 Å². The highest BCUT2D eigenvalue weighted by atomic mass is 32.2. The second kappa shape index (κ2) is 6.37. The van der Waals surface area contributed by atoms with Crippen molar-refractivity contribution in [1.82, 2.24) is 0 Å². The van der Waals surface area contributed by atoms with Gasteiger partial charge in [0.1, 0.15) is 0 Å². The van der Waals surface area contributed by atoms with Gasteiger partial charge in [0.05, 0.1) is 11.0 Å². The first-order valence-corrected chi connectivity index (χ1v) is 6.57. The molecule has 0 amide bonds. The predicted molar refractivity (Wildman–Crippen MR) is 58.0 cm³/mol. The lowest BCUT2D eigenvalue weighted by Gasteiger charge is -2.14. The Bertz CT molecular complexity index is 236. The van der Waals surface area contributed by atoms with Crippen molar-refractivity contribution in [2.75, 3.05) is 19.5 Å². The van der Waals surface area contributed by atoms with Gasteiger partial charge in [-0.05, 0) is 26.7 Å². The summed E-state index contributed by atoms with van der Waals surface area (Å²) >= 11 is 0. The number of hydrogen-bond acceptors (Lipinski definition) is 4. The molecule has 2 unspecified atom stereocenters. The van der Waals surface area contributed by atoms with E-state index in [-0.39, 0.29) is 17.0 Å². The van der Waals surface area contributed by atoms with Gasteiger partial charge in [-0.3, -0.25) is 0 Å². The summed E-state index contributed by atoms with van der Waals surface area (Å²) in [4.78, 5) is 0. The van der Waals surface area contributed by atoms with Gasteiger partial charge in [-0.15, -0.1) is 0 Å². The SMILES string of the molecule is COCCCS(=O)(=O)C(C)CC(C)N. The van der Waals surface area contributed by atoms with E-state index in [0.717, 1.165) is 0 Å². The van der Waals surface area contributed by atoms with Crippen LogP contribution >= 0.6 is 0 Å². The molecule has 0 saturated carbocycles. The number of rotatable bonds is 7. The van der Waals surface area contributed by atoms with Crippen LogP contribution in [0, 0.1) is 0 Å². The molecular formula is C9H21NO3S. The molecule has 0 rings (SSSR count). The first kappa shape index (κ1) is 13.9. The van der Waals surface area contributed by atoms with Crippen molar-refractivity contribution in [3.63, 3.8) is 0 Å². The topological polar surface area (TPSA) is 69.4 Å². The van der Waals surface area contributed by atoms with Gasteiger partial charge in [-0.25, -0.2) is 8.42 Å². The molecule has 0 aliphatic rings. The molecule has 0 heterocycles. The molecule has 2 N–H and O–H groups in total. The number of sulfone groups is 1. The fraction of sp³-hybridized carbons (Fsp3) is 1.00. The molecule has 0 aromatic carbocycles. The van der Waals surface area contributed by atoms with Crippen LogP contribution in [0.2, 0.25) is 0 Å². The Balaban J connectivity index is 4.04. The molecule has 0 fully saturated rings. The number of ether oxygens (including phenoxy) is 1. The van der Waals surface area contributed by atoms with Gasteiger partial charge in [0, 0.05) is 19.8 Å². The van der Waals surface area contributed by atoms with Crippen LogP contribution in [0.4, 0.5) is 0 Å². The second-order valence-electron chi connectivity index (χ2n) is 3.74. The standard InChI is InChI=1S/C9H21NO3S/c1-8(10)7-9(2)14(11,12)6-4-5-13-3/h8-9H,4-7,10H2,1-3H3. The molecule has 0 saturated heterocycles. The smallest absolute Gasteiger partial charge is 0.153 e. The minimum Gasteiger partial charge on any atom is -0.385 e. The average Bonchev–Trinajstić information content (AvgIpc) is 2.03. The van der Waals surface area contributed by atoms with Crippen molar-refractivity contribution in [2.24, 2.45) is 5.73 Å². The van der Waals surface area contributed by atoms with Gasteiger partial charge >= 0.3 is 0 Å². The molecule has 2 atom stereocenters. The van der Waals surface area contributed by atoms with Crippen LogP contribution in [0.1, 0.15) is 26.7 Å². The van der Waals surface area contributed by atoms with E-state index in [1.165, 1.54) is 0 Å². The Morgan fingerprint density at radius 3 is 2.36 bits per heavy atom. The number of nitrogens with two attached hydrogens (primary N) is 1. The zero-order valence-corrected chi connectivity index (χ0v) is 10.0. The molecule has 0 aliphatic heterocycles. The van der Waals surface area contributed by atoms with Crippen molar-refractivity contribution in [3.8, 4) is 0 Å². The van der Waals surface area contributed by atoms with E-state index in [4.69, 9.17) is 10.5 Å². The summed E-state index contributed by atoms with van der Waals surface area (Å²) in [5, 5.41) is -0.348. The summed E-state index contributed by atoms with van der Waals surface area (Å²) in [5.74, 6) is 0.189. The maximum atomic E-state index is 11.6. The Morgan fingerprint density at radius 2 is 1.93 bits per heavy atom. The van der Waals surface area contributed by atoms with Gasteiger partial charge in [-0.2, -0.15) is 0 Å². The van der Waals surface area contributed by atoms with Gasteiger partial charge in [0.25, 0.3) is 0 Å². The third-order valence-electron chi connectivity index (χ3n) is 2.09. The van der Waals surface area contributed by atoms with E-state index >= 15 is 0 Å². The molecule has 5 heteroatoms. The first-order chi connectivity index (χ1) is 6.40. The molecular weight excluding hydrogens is 202 g/mol. The average molecular weight is 223 g/mol. The van der Waals surface area contributed by atoms with Crippen molar-refractivity contribution in [2.45, 2.75) is 38.0 Å². The van der Waals surface area contributed by atoms with Crippen LogP contribution in [0.5, 0.6) is 0 Å². The zero-order valence-electron chi connectivity index (χ0n) is 9.19. The summed E-state index contributed by atoms with van der Waals surface area (Å²) in [6.45, 7) is 4.02. The van der Waals surface area contributed by atoms with E-state index in [9.17, 15) is 8.42 Å². The molecule has 86 valence electrons. The van der Waals surface area contributed by atoms with Crippen molar-refractivity contribution in [3.05, 3.63) is 0 Å². The summed E-state index contributed by atoms with van der Waals surface area (Å²) in [7, 11) is -1.42. The summed E-state index contributed by atoms with van der Waals surface area (Å²) in [5.41, 5.74) is 5.56. The van der Waals surface area contributed by atoms with Crippen LogP contribution < -0.4 is 5.73 Å². The molecule has 0 aromatic rings. The first-order valence-electron chi connectivity index (χ1n) is 4.86. The Morgan fingerprint density at radius 1 is 1.36 bits per heavy atom. The minimum absolute atomic E-state index is 0.0674. The molecule has 0 radical (unpaired) electrons. The second-order valence-corrected chi connectivity index (χ2v) is 6.28. The third-order valence-corrected chi connectivity index (χ3v) is 4.37. The lowest BCUT2D eigenvalue weighted by atomic mass is 10.2. The van der Waals surface area contributed by atoms with Gasteiger partial charge < -0.3 is 10.5 Å². The fourth-order valence-electron chi connectivity index (χ4n) is 1.28. The van der Waals surface area contributed by atoms with Gasteiger partial charge in [0.15, 0.2) is 9.84 Å². The fourth-order valence-corrected chi connectivity index (χ4v) is 2.80. The molecule has 14 heavy (non-hydrogen) atoms. The van der Waals surface area contributed by atoms with E-state index < -0.39 is 9.84 Å². The maximum absolute atomic E-state index is 11.6. The number of methoxy groups -OCH3 is 1. The molecule has 0 aromatic heterocycles. The Kier molecular flexibility index (Phi) is 6.31. The van der Waals surface area contributed by atoms with Crippen LogP contribution in [-0.2, 0) is 14.6 Å². The third kappa shape index (κ3) is 5.57. The van der Waals surface area contributed by atoms with Gasteiger partial charge in [-0.1, -0.05) is 0 Å². The highest BCUT2D eigenvalue weighted by molar-refractivity contribution is 7.92. The van der Waals surface area contributed by atoms with E-state index in [0.29, 0.717) is 19.4 Å². The quantitative estimate of drug-likeness (QED) is 0.640. The van der Waals surface area contributed by atoms with E-state index in [2.05, 4.69) is 0 Å². The Labute approximate surface area is 86.7 Å². The molecule has 0 spiro atoms. The zero-order chi connectivity index (χ0) is 11.2. The molecule has 0 aliphatic carbocycles. The predicted octanol–water partition coefficient (Wildman–Crippen LogP) is 0.564. The van der Waals surface area contributed by atoms with Crippen molar-refractivity contribution >= 4 is 9.84 Å². The largest absolute Gasteiger partial charge is 0.385 e. The van der Waals surface area contributed by atoms with E-state index in [1.807, 2.05) is 6.92 Å². The van der Waals surface area contributed by atoms with E-state index in [1.54, 1.807) is 14.0 Å². The van der Waals surface area contributed by atoms with Gasteiger partial charge in [0.2, 0.25) is 0 Å². The lowest BCUT2D eigenvalue weighted by molar-refractivity contribution is 0.199. The van der Waals surface area contributed by atoms with Crippen LogP contribution in [0.15, 0.2) is 0 Å². The van der Waals surface area contributed by atoms with Crippen LogP contribution in [-0.4, -0.2) is 39.2 Å². The minimum atomic E-state index is -2.99.